The minimum Gasteiger partial charge on any atom is -0.206 e. The van der Waals surface area contributed by atoms with Crippen LogP contribution in [0.4, 0.5) is 4.39 Å². The Morgan fingerprint density at radius 3 is 2.12 bits per heavy atom. The Labute approximate surface area is 95.1 Å². The molecule has 1 heteroatoms. The van der Waals surface area contributed by atoms with Crippen molar-refractivity contribution in [3.8, 4) is 11.1 Å². The molecule has 0 spiro atoms. The van der Waals surface area contributed by atoms with E-state index in [0.717, 1.165) is 16.7 Å². The fourth-order valence-corrected chi connectivity index (χ4v) is 1.77. The van der Waals surface area contributed by atoms with Crippen LogP contribution in [0, 0.1) is 5.82 Å². The van der Waals surface area contributed by atoms with Crippen molar-refractivity contribution in [3.63, 3.8) is 0 Å². The second kappa shape index (κ2) is 4.31. The van der Waals surface area contributed by atoms with E-state index in [0.29, 0.717) is 5.56 Å². The molecule has 0 bridgehead atoms. The molecule has 0 saturated carbocycles. The van der Waals surface area contributed by atoms with Crippen LogP contribution in [0.5, 0.6) is 0 Å². The summed E-state index contributed by atoms with van der Waals surface area (Å²) in [6, 6.07) is 14.5. The molecule has 80 valence electrons. The Bertz CT molecular complexity index is 526. The number of halogens is 1. The lowest BCUT2D eigenvalue weighted by atomic mass is 9.96. The van der Waals surface area contributed by atoms with Crippen LogP contribution in [0.2, 0.25) is 0 Å². The van der Waals surface area contributed by atoms with Gasteiger partial charge in [0.15, 0.2) is 0 Å². The van der Waals surface area contributed by atoms with E-state index in [1.54, 1.807) is 12.1 Å². The third-order valence-electron chi connectivity index (χ3n) is 2.55. The summed E-state index contributed by atoms with van der Waals surface area (Å²) in [7, 11) is 0. The van der Waals surface area contributed by atoms with Gasteiger partial charge in [0.2, 0.25) is 0 Å². The predicted octanol–water partition coefficient (Wildman–Crippen LogP) is 4.53. The SMILES string of the molecule is C=C(C)c1ccccc1-c1ccccc1F. The molecule has 2 aromatic rings. The van der Waals surface area contributed by atoms with Gasteiger partial charge in [-0.25, -0.2) is 4.39 Å². The highest BCUT2D eigenvalue weighted by Crippen LogP contribution is 2.29. The number of hydrogen-bond donors (Lipinski definition) is 0. The van der Waals surface area contributed by atoms with Crippen molar-refractivity contribution in [2.45, 2.75) is 6.92 Å². The Kier molecular flexibility index (Phi) is 2.86. The molecule has 16 heavy (non-hydrogen) atoms. The molecule has 0 aliphatic rings. The van der Waals surface area contributed by atoms with Crippen LogP contribution < -0.4 is 0 Å². The van der Waals surface area contributed by atoms with E-state index >= 15 is 0 Å². The quantitative estimate of drug-likeness (QED) is 0.686. The third kappa shape index (κ3) is 1.89. The Hall–Kier alpha value is -1.89. The molecule has 0 saturated heterocycles. The maximum atomic E-state index is 13.7. The molecule has 2 aromatic carbocycles. The van der Waals surface area contributed by atoms with Crippen LogP contribution in [0.25, 0.3) is 16.7 Å². The summed E-state index contributed by atoms with van der Waals surface area (Å²) in [5.41, 5.74) is 3.46. The maximum Gasteiger partial charge on any atom is 0.131 e. The molecule has 0 nitrogen and oxygen atoms in total. The van der Waals surface area contributed by atoms with E-state index in [9.17, 15) is 4.39 Å². The first kappa shape index (κ1) is 10.6. The number of allylic oxidation sites excluding steroid dienone is 1. The largest absolute Gasteiger partial charge is 0.206 e. The molecule has 0 aromatic heterocycles. The van der Waals surface area contributed by atoms with Gasteiger partial charge in [-0.2, -0.15) is 0 Å². The van der Waals surface area contributed by atoms with Gasteiger partial charge < -0.3 is 0 Å². The zero-order valence-electron chi connectivity index (χ0n) is 9.20. The monoisotopic (exact) mass is 212 g/mol. The standard InChI is InChI=1S/C15H13F/c1-11(2)12-7-3-4-8-13(12)14-9-5-6-10-15(14)16/h3-10H,1H2,2H3. The van der Waals surface area contributed by atoms with Crippen molar-refractivity contribution >= 4 is 5.57 Å². The summed E-state index contributed by atoms with van der Waals surface area (Å²) in [5.74, 6) is -0.198. The van der Waals surface area contributed by atoms with Crippen LogP contribution in [-0.4, -0.2) is 0 Å². The van der Waals surface area contributed by atoms with Gasteiger partial charge in [0.1, 0.15) is 5.82 Å². The average Bonchev–Trinajstić information content (AvgIpc) is 2.29. The number of rotatable bonds is 2. The van der Waals surface area contributed by atoms with E-state index in [4.69, 9.17) is 0 Å². The molecule has 0 aliphatic heterocycles. The topological polar surface area (TPSA) is 0 Å². The van der Waals surface area contributed by atoms with Gasteiger partial charge in [0, 0.05) is 5.56 Å². The van der Waals surface area contributed by atoms with Crippen molar-refractivity contribution in [2.75, 3.05) is 0 Å². The zero-order valence-corrected chi connectivity index (χ0v) is 9.20. The van der Waals surface area contributed by atoms with Crippen molar-refractivity contribution in [2.24, 2.45) is 0 Å². The molecule has 0 aliphatic carbocycles. The van der Waals surface area contributed by atoms with Crippen molar-refractivity contribution in [1.82, 2.24) is 0 Å². The van der Waals surface area contributed by atoms with Crippen LogP contribution in [-0.2, 0) is 0 Å². The summed E-state index contributed by atoms with van der Waals surface area (Å²) in [4.78, 5) is 0. The highest BCUT2D eigenvalue weighted by Gasteiger charge is 2.08. The molecule has 0 unspecified atom stereocenters. The normalized spacial score (nSPS) is 10.1. The lowest BCUT2D eigenvalue weighted by Crippen LogP contribution is -1.89. The van der Waals surface area contributed by atoms with Gasteiger partial charge in [-0.05, 0) is 24.1 Å². The fourth-order valence-electron chi connectivity index (χ4n) is 1.77. The van der Waals surface area contributed by atoms with Crippen molar-refractivity contribution in [1.29, 1.82) is 0 Å². The summed E-state index contributed by atoms with van der Waals surface area (Å²) < 4.78 is 13.7. The summed E-state index contributed by atoms with van der Waals surface area (Å²) in [6.07, 6.45) is 0. The van der Waals surface area contributed by atoms with Crippen LogP contribution >= 0.6 is 0 Å². The summed E-state index contributed by atoms with van der Waals surface area (Å²) in [6.45, 7) is 5.85. The minimum atomic E-state index is -0.198. The van der Waals surface area contributed by atoms with E-state index in [2.05, 4.69) is 6.58 Å². The smallest absolute Gasteiger partial charge is 0.131 e. The molecular weight excluding hydrogens is 199 g/mol. The van der Waals surface area contributed by atoms with E-state index in [1.807, 2.05) is 37.3 Å². The third-order valence-corrected chi connectivity index (χ3v) is 2.55. The molecule has 0 amide bonds. The van der Waals surface area contributed by atoms with Crippen LogP contribution in [0.1, 0.15) is 12.5 Å². The highest BCUT2D eigenvalue weighted by atomic mass is 19.1. The van der Waals surface area contributed by atoms with Gasteiger partial charge in [-0.15, -0.1) is 0 Å². The fraction of sp³-hybridized carbons (Fsp3) is 0.0667. The highest BCUT2D eigenvalue weighted by molar-refractivity contribution is 5.79. The Morgan fingerprint density at radius 2 is 1.50 bits per heavy atom. The second-order valence-corrected chi connectivity index (χ2v) is 3.81. The minimum absolute atomic E-state index is 0.198. The number of hydrogen-bond acceptors (Lipinski definition) is 0. The summed E-state index contributed by atoms with van der Waals surface area (Å²) >= 11 is 0. The molecule has 0 N–H and O–H groups in total. The second-order valence-electron chi connectivity index (χ2n) is 3.81. The first-order valence-electron chi connectivity index (χ1n) is 5.20. The van der Waals surface area contributed by atoms with Gasteiger partial charge in [0.25, 0.3) is 0 Å². The van der Waals surface area contributed by atoms with Gasteiger partial charge in [-0.3, -0.25) is 0 Å². The first-order valence-corrected chi connectivity index (χ1v) is 5.20. The van der Waals surface area contributed by atoms with Crippen LogP contribution in [0.15, 0.2) is 55.1 Å². The lowest BCUT2D eigenvalue weighted by Gasteiger charge is -2.09. The number of benzene rings is 2. The molecule has 2 rings (SSSR count). The van der Waals surface area contributed by atoms with Gasteiger partial charge >= 0.3 is 0 Å². The van der Waals surface area contributed by atoms with Crippen molar-refractivity contribution < 1.29 is 4.39 Å². The molecule has 0 radical (unpaired) electrons. The maximum absolute atomic E-state index is 13.7. The predicted molar refractivity (Wildman–Crippen MR) is 66.5 cm³/mol. The molecule has 0 fully saturated rings. The van der Waals surface area contributed by atoms with E-state index in [1.165, 1.54) is 6.07 Å². The van der Waals surface area contributed by atoms with Crippen LogP contribution in [0.3, 0.4) is 0 Å². The first-order chi connectivity index (χ1) is 7.70. The summed E-state index contributed by atoms with van der Waals surface area (Å²) in [5, 5.41) is 0. The van der Waals surface area contributed by atoms with Crippen molar-refractivity contribution in [3.05, 3.63) is 66.5 Å². The van der Waals surface area contributed by atoms with Gasteiger partial charge in [0.05, 0.1) is 0 Å². The molecule has 0 heterocycles. The van der Waals surface area contributed by atoms with E-state index < -0.39 is 0 Å². The molecule has 0 atom stereocenters. The molecular formula is C15H13F. The van der Waals surface area contributed by atoms with Gasteiger partial charge in [-0.1, -0.05) is 54.6 Å². The Morgan fingerprint density at radius 1 is 0.938 bits per heavy atom. The average molecular weight is 212 g/mol. The van der Waals surface area contributed by atoms with E-state index in [-0.39, 0.29) is 5.82 Å². The lowest BCUT2D eigenvalue weighted by molar-refractivity contribution is 0.631. The Balaban J connectivity index is 2.65. The zero-order chi connectivity index (χ0) is 11.5.